The fourth-order valence-electron chi connectivity index (χ4n) is 4.01. The number of nitriles is 1. The first kappa shape index (κ1) is 23.0. The highest BCUT2D eigenvalue weighted by molar-refractivity contribution is 7.89. The van der Waals surface area contributed by atoms with E-state index in [2.05, 4.69) is 16.9 Å². The highest BCUT2D eigenvalue weighted by Gasteiger charge is 2.29. The molecule has 1 saturated heterocycles. The van der Waals surface area contributed by atoms with Gasteiger partial charge in [0.1, 0.15) is 17.4 Å². The van der Waals surface area contributed by atoms with E-state index >= 15 is 0 Å². The summed E-state index contributed by atoms with van der Waals surface area (Å²) in [5, 5.41) is 20.2. The molecule has 0 amide bonds. The number of para-hydroxylation sites is 2. The normalized spacial score (nSPS) is 16.5. The summed E-state index contributed by atoms with van der Waals surface area (Å²) < 4.78 is 27.5. The Morgan fingerprint density at radius 1 is 1.12 bits per heavy atom. The van der Waals surface area contributed by atoms with Crippen molar-refractivity contribution in [2.24, 2.45) is 0 Å². The zero-order valence-electron chi connectivity index (χ0n) is 18.5. The Morgan fingerprint density at radius 3 is 2.45 bits per heavy atom. The molecule has 1 aromatic heterocycles. The van der Waals surface area contributed by atoms with Crippen LogP contribution in [0.15, 0.2) is 59.2 Å². The number of allylic oxidation sites excluding steroid dienone is 1. The maximum atomic E-state index is 13.0. The van der Waals surface area contributed by atoms with Crippen LogP contribution in [0.25, 0.3) is 16.6 Å². The Bertz CT molecular complexity index is 1260. The van der Waals surface area contributed by atoms with E-state index < -0.39 is 10.0 Å². The van der Waals surface area contributed by atoms with Crippen LogP contribution in [0.4, 0.5) is 0 Å². The molecular formula is C24H27N5O3S. The molecule has 9 heteroatoms. The molecule has 2 heterocycles. The van der Waals surface area contributed by atoms with Crippen LogP contribution in [0.3, 0.4) is 0 Å². The number of imidazole rings is 1. The number of hydrogen-bond donors (Lipinski definition) is 2. The lowest BCUT2D eigenvalue weighted by Gasteiger charge is -2.33. The molecule has 33 heavy (non-hydrogen) atoms. The lowest BCUT2D eigenvalue weighted by atomic mass is 10.1. The highest BCUT2D eigenvalue weighted by Crippen LogP contribution is 2.21. The van der Waals surface area contributed by atoms with Gasteiger partial charge in [-0.1, -0.05) is 37.6 Å². The molecule has 1 aliphatic heterocycles. The molecule has 4 rings (SSSR count). The SMILES string of the molecule is CCCc1ccc(S(=O)(=O)N2CCN(CC(O)=C(C#N)c3nc4ccccc4[nH]3)CC2)cc1. The van der Waals surface area contributed by atoms with Gasteiger partial charge in [-0.3, -0.25) is 4.90 Å². The number of hydrogen-bond acceptors (Lipinski definition) is 6. The van der Waals surface area contributed by atoms with Gasteiger partial charge in [-0.2, -0.15) is 9.57 Å². The van der Waals surface area contributed by atoms with Crippen molar-refractivity contribution in [3.05, 3.63) is 65.7 Å². The van der Waals surface area contributed by atoms with Gasteiger partial charge in [0.15, 0.2) is 5.82 Å². The second-order valence-corrected chi connectivity index (χ2v) is 10.0. The van der Waals surface area contributed by atoms with Crippen LogP contribution >= 0.6 is 0 Å². The molecule has 0 radical (unpaired) electrons. The van der Waals surface area contributed by atoms with Crippen LogP contribution in [-0.2, 0) is 16.4 Å². The average molecular weight is 466 g/mol. The third kappa shape index (κ3) is 4.93. The number of H-pyrrole nitrogens is 1. The second-order valence-electron chi connectivity index (χ2n) is 8.11. The minimum atomic E-state index is -3.56. The minimum Gasteiger partial charge on any atom is -0.509 e. The molecule has 2 N–H and O–H groups in total. The Kier molecular flexibility index (Phi) is 6.79. The second kappa shape index (κ2) is 9.75. The number of rotatable bonds is 7. The lowest BCUT2D eigenvalue weighted by Crippen LogP contribution is -2.49. The average Bonchev–Trinajstić information content (AvgIpc) is 3.24. The van der Waals surface area contributed by atoms with E-state index in [9.17, 15) is 18.8 Å². The summed E-state index contributed by atoms with van der Waals surface area (Å²) in [7, 11) is -3.56. The van der Waals surface area contributed by atoms with Crippen molar-refractivity contribution in [2.75, 3.05) is 32.7 Å². The molecular weight excluding hydrogens is 438 g/mol. The van der Waals surface area contributed by atoms with E-state index in [1.165, 1.54) is 4.31 Å². The van der Waals surface area contributed by atoms with Crippen molar-refractivity contribution in [3.63, 3.8) is 0 Å². The number of fused-ring (bicyclic) bond motifs is 1. The van der Waals surface area contributed by atoms with E-state index in [0.717, 1.165) is 29.4 Å². The number of piperazine rings is 1. The zero-order chi connectivity index (χ0) is 23.4. The van der Waals surface area contributed by atoms with Crippen molar-refractivity contribution >= 4 is 26.6 Å². The third-order valence-electron chi connectivity index (χ3n) is 5.83. The van der Waals surface area contributed by atoms with Crippen LogP contribution < -0.4 is 0 Å². The molecule has 0 atom stereocenters. The van der Waals surface area contributed by atoms with Crippen LogP contribution in [0.5, 0.6) is 0 Å². The molecule has 172 valence electrons. The summed E-state index contributed by atoms with van der Waals surface area (Å²) in [6.45, 7) is 3.79. The fraction of sp³-hybridized carbons (Fsp3) is 0.333. The van der Waals surface area contributed by atoms with Crippen molar-refractivity contribution in [1.29, 1.82) is 5.26 Å². The van der Waals surface area contributed by atoms with Gasteiger partial charge < -0.3 is 10.1 Å². The molecule has 8 nitrogen and oxygen atoms in total. The Morgan fingerprint density at radius 2 is 1.82 bits per heavy atom. The Balaban J connectivity index is 1.42. The van der Waals surface area contributed by atoms with Gasteiger partial charge in [-0.15, -0.1) is 0 Å². The maximum absolute atomic E-state index is 13.0. The maximum Gasteiger partial charge on any atom is 0.243 e. The van der Waals surface area contributed by atoms with Crippen LogP contribution in [0.2, 0.25) is 0 Å². The quantitative estimate of drug-likeness (QED) is 0.409. The topological polar surface area (TPSA) is 113 Å². The van der Waals surface area contributed by atoms with Crippen LogP contribution in [-0.4, -0.2) is 65.4 Å². The molecule has 0 unspecified atom stereocenters. The predicted molar refractivity (Wildman–Crippen MR) is 127 cm³/mol. The van der Waals surface area contributed by atoms with Crippen molar-refractivity contribution in [2.45, 2.75) is 24.7 Å². The van der Waals surface area contributed by atoms with E-state index in [-0.39, 0.29) is 17.9 Å². The number of aryl methyl sites for hydroxylation is 1. The molecule has 2 aromatic carbocycles. The van der Waals surface area contributed by atoms with Gasteiger partial charge in [-0.25, -0.2) is 13.4 Å². The van der Waals surface area contributed by atoms with Crippen LogP contribution in [0.1, 0.15) is 24.7 Å². The molecule has 3 aromatic rings. The van der Waals surface area contributed by atoms with E-state index in [1.54, 1.807) is 12.1 Å². The van der Waals surface area contributed by atoms with Gasteiger partial charge in [0, 0.05) is 26.2 Å². The summed E-state index contributed by atoms with van der Waals surface area (Å²) in [6.07, 6.45) is 1.94. The third-order valence-corrected chi connectivity index (χ3v) is 7.74. The first-order valence-corrected chi connectivity index (χ1v) is 12.4. The number of aliphatic hydroxyl groups excluding tert-OH is 1. The number of nitrogens with zero attached hydrogens (tertiary/aromatic N) is 4. The minimum absolute atomic E-state index is 0.0839. The summed E-state index contributed by atoms with van der Waals surface area (Å²) in [5.74, 6) is 0.239. The summed E-state index contributed by atoms with van der Waals surface area (Å²) >= 11 is 0. The predicted octanol–water partition coefficient (Wildman–Crippen LogP) is 3.31. The van der Waals surface area contributed by atoms with Crippen molar-refractivity contribution in [1.82, 2.24) is 19.2 Å². The zero-order valence-corrected chi connectivity index (χ0v) is 19.3. The van der Waals surface area contributed by atoms with Gasteiger partial charge in [0.25, 0.3) is 0 Å². The number of aromatic amines is 1. The van der Waals surface area contributed by atoms with Crippen molar-refractivity contribution < 1.29 is 13.5 Å². The number of nitrogens with one attached hydrogen (secondary N) is 1. The Hall–Kier alpha value is -3.19. The molecule has 1 fully saturated rings. The smallest absolute Gasteiger partial charge is 0.243 e. The fourth-order valence-corrected chi connectivity index (χ4v) is 5.43. The van der Waals surface area contributed by atoms with Gasteiger partial charge in [0.05, 0.1) is 22.5 Å². The summed E-state index contributed by atoms with van der Waals surface area (Å²) in [4.78, 5) is 9.69. The van der Waals surface area contributed by atoms with Gasteiger partial charge in [0.2, 0.25) is 10.0 Å². The number of sulfonamides is 1. The molecule has 0 spiro atoms. The molecule has 0 bridgehead atoms. The molecule has 0 saturated carbocycles. The van der Waals surface area contributed by atoms with Crippen molar-refractivity contribution in [3.8, 4) is 6.07 Å². The largest absolute Gasteiger partial charge is 0.509 e. The summed E-state index contributed by atoms with van der Waals surface area (Å²) in [5.41, 5.74) is 2.72. The summed E-state index contributed by atoms with van der Waals surface area (Å²) in [6, 6.07) is 16.5. The molecule has 0 aliphatic carbocycles. The van der Waals surface area contributed by atoms with E-state index in [1.807, 2.05) is 47.4 Å². The van der Waals surface area contributed by atoms with E-state index in [0.29, 0.717) is 36.9 Å². The van der Waals surface area contributed by atoms with Gasteiger partial charge in [-0.05, 0) is 36.2 Å². The lowest BCUT2D eigenvalue weighted by molar-refractivity contribution is 0.182. The number of benzene rings is 2. The highest BCUT2D eigenvalue weighted by atomic mass is 32.2. The first-order chi connectivity index (χ1) is 15.9. The van der Waals surface area contributed by atoms with E-state index in [4.69, 9.17) is 0 Å². The molecule has 1 aliphatic rings. The number of aliphatic hydroxyl groups is 1. The van der Waals surface area contributed by atoms with Gasteiger partial charge >= 0.3 is 0 Å². The number of aromatic nitrogens is 2. The standard InChI is InChI=1S/C24H27N5O3S/c1-2-5-18-8-10-19(11-9-18)33(31,32)29-14-12-28(13-15-29)17-23(30)20(16-25)24-26-21-6-3-4-7-22(21)27-24/h3-4,6-11,30H,2,5,12-15,17H2,1H3,(H,26,27). The monoisotopic (exact) mass is 465 g/mol. The van der Waals surface area contributed by atoms with Crippen LogP contribution in [0, 0.1) is 11.3 Å². The first-order valence-electron chi connectivity index (χ1n) is 11.0. The Labute approximate surface area is 193 Å².